The maximum atomic E-state index is 10.7. The molecule has 2 rings (SSSR count). The van der Waals surface area contributed by atoms with Crippen LogP contribution in [0, 0.1) is 0 Å². The van der Waals surface area contributed by atoms with E-state index in [0.717, 1.165) is 0 Å². The van der Waals surface area contributed by atoms with Crippen molar-refractivity contribution in [3.63, 3.8) is 0 Å². The number of halogens is 1. The monoisotopic (exact) mass is 234 g/mol. The van der Waals surface area contributed by atoms with Crippen LogP contribution < -0.4 is 0 Å². The standard InChI is InChI=1S/C8H6O4S.ClH/c9-13(10,11)7-1-2-8-6(5-7)3-4-12-8;/h1-5H,(H,9,10,11);1H. The molecule has 14 heavy (non-hydrogen) atoms. The number of rotatable bonds is 1. The van der Waals surface area contributed by atoms with Crippen molar-refractivity contribution in [1.29, 1.82) is 0 Å². The summed E-state index contributed by atoms with van der Waals surface area (Å²) in [5.41, 5.74) is 0.590. The summed E-state index contributed by atoms with van der Waals surface area (Å²) in [4.78, 5) is -0.124. The fourth-order valence-electron chi connectivity index (χ4n) is 1.11. The molecule has 1 N–H and O–H groups in total. The van der Waals surface area contributed by atoms with Crippen LogP contribution in [-0.4, -0.2) is 13.0 Å². The van der Waals surface area contributed by atoms with Crippen LogP contribution in [0.1, 0.15) is 0 Å². The minimum absolute atomic E-state index is 0. The van der Waals surface area contributed by atoms with Gasteiger partial charge < -0.3 is 4.42 Å². The lowest BCUT2D eigenvalue weighted by Gasteiger charge is -1.95. The number of hydrogen-bond acceptors (Lipinski definition) is 3. The van der Waals surface area contributed by atoms with Gasteiger partial charge in [0.05, 0.1) is 11.2 Å². The number of benzene rings is 1. The highest BCUT2D eigenvalue weighted by Gasteiger charge is 2.10. The second-order valence-electron chi connectivity index (χ2n) is 2.60. The van der Waals surface area contributed by atoms with Gasteiger partial charge in [0.15, 0.2) is 0 Å². The Morgan fingerprint density at radius 3 is 2.57 bits per heavy atom. The number of furan rings is 1. The first-order valence-corrected chi connectivity index (χ1v) is 4.96. The molecule has 0 amide bonds. The van der Waals surface area contributed by atoms with Crippen molar-refractivity contribution >= 4 is 33.5 Å². The molecule has 0 aliphatic rings. The van der Waals surface area contributed by atoms with Gasteiger partial charge in [0.1, 0.15) is 5.58 Å². The Labute approximate surface area is 86.7 Å². The van der Waals surface area contributed by atoms with E-state index < -0.39 is 10.1 Å². The third-order valence-corrected chi connectivity index (χ3v) is 2.57. The molecular weight excluding hydrogens is 228 g/mol. The van der Waals surface area contributed by atoms with E-state index in [4.69, 9.17) is 8.97 Å². The molecule has 1 aromatic carbocycles. The molecule has 0 radical (unpaired) electrons. The van der Waals surface area contributed by atoms with Crippen molar-refractivity contribution in [2.24, 2.45) is 0 Å². The predicted molar refractivity (Wildman–Crippen MR) is 53.3 cm³/mol. The smallest absolute Gasteiger partial charge is 0.294 e. The molecule has 0 spiro atoms. The Balaban J connectivity index is 0.000000980. The zero-order valence-electron chi connectivity index (χ0n) is 6.88. The van der Waals surface area contributed by atoms with Gasteiger partial charge in [-0.05, 0) is 24.3 Å². The summed E-state index contributed by atoms with van der Waals surface area (Å²) in [6.45, 7) is 0. The molecular formula is C8H7ClO4S. The van der Waals surface area contributed by atoms with Gasteiger partial charge in [-0.25, -0.2) is 0 Å². The highest BCUT2D eigenvalue weighted by molar-refractivity contribution is 7.85. The maximum absolute atomic E-state index is 10.7. The molecule has 6 heteroatoms. The van der Waals surface area contributed by atoms with E-state index in [1.54, 1.807) is 6.07 Å². The first-order chi connectivity index (χ1) is 6.07. The first-order valence-electron chi connectivity index (χ1n) is 3.52. The molecule has 0 fully saturated rings. The molecule has 1 heterocycles. The number of fused-ring (bicyclic) bond motifs is 1. The van der Waals surface area contributed by atoms with Crippen LogP contribution in [0.15, 0.2) is 39.8 Å². The zero-order valence-corrected chi connectivity index (χ0v) is 8.51. The van der Waals surface area contributed by atoms with Crippen molar-refractivity contribution in [1.82, 2.24) is 0 Å². The van der Waals surface area contributed by atoms with Crippen LogP contribution in [0.5, 0.6) is 0 Å². The quantitative estimate of drug-likeness (QED) is 0.768. The molecule has 0 saturated heterocycles. The van der Waals surface area contributed by atoms with E-state index in [0.29, 0.717) is 11.0 Å². The van der Waals surface area contributed by atoms with E-state index in [2.05, 4.69) is 0 Å². The molecule has 0 aliphatic heterocycles. The normalized spacial score (nSPS) is 11.2. The van der Waals surface area contributed by atoms with Gasteiger partial charge in [-0.2, -0.15) is 8.42 Å². The summed E-state index contributed by atoms with van der Waals surface area (Å²) in [5.74, 6) is 0. The van der Waals surface area contributed by atoms with Gasteiger partial charge in [-0.3, -0.25) is 4.55 Å². The summed E-state index contributed by atoms with van der Waals surface area (Å²) < 4.78 is 35.2. The van der Waals surface area contributed by atoms with Gasteiger partial charge in [0.25, 0.3) is 10.1 Å². The van der Waals surface area contributed by atoms with Gasteiger partial charge in [0.2, 0.25) is 0 Å². The fourth-order valence-corrected chi connectivity index (χ4v) is 1.62. The summed E-state index contributed by atoms with van der Waals surface area (Å²) in [7, 11) is -4.11. The second-order valence-corrected chi connectivity index (χ2v) is 4.02. The molecule has 0 saturated carbocycles. The fraction of sp³-hybridized carbons (Fsp3) is 0. The van der Waals surface area contributed by atoms with Crippen LogP contribution in [0.2, 0.25) is 0 Å². The predicted octanol–water partition coefficient (Wildman–Crippen LogP) is 2.10. The first kappa shape index (κ1) is 11.0. The van der Waals surface area contributed by atoms with E-state index in [1.165, 1.54) is 24.5 Å². The molecule has 0 atom stereocenters. The van der Waals surface area contributed by atoms with E-state index >= 15 is 0 Å². The molecule has 76 valence electrons. The summed E-state index contributed by atoms with van der Waals surface area (Å²) in [6, 6.07) is 5.78. The lowest BCUT2D eigenvalue weighted by atomic mass is 10.3. The van der Waals surface area contributed by atoms with Crippen molar-refractivity contribution in [3.8, 4) is 0 Å². The molecule has 2 aromatic rings. The van der Waals surface area contributed by atoms with Gasteiger partial charge in [-0.1, -0.05) is 0 Å². The van der Waals surface area contributed by atoms with Crippen molar-refractivity contribution in [2.75, 3.05) is 0 Å². The lowest BCUT2D eigenvalue weighted by molar-refractivity contribution is 0.483. The van der Waals surface area contributed by atoms with E-state index in [1.807, 2.05) is 0 Å². The number of hydrogen-bond donors (Lipinski definition) is 1. The van der Waals surface area contributed by atoms with Crippen LogP contribution >= 0.6 is 12.4 Å². The van der Waals surface area contributed by atoms with Gasteiger partial charge in [-0.15, -0.1) is 12.4 Å². The Morgan fingerprint density at radius 1 is 1.21 bits per heavy atom. The summed E-state index contributed by atoms with van der Waals surface area (Å²) >= 11 is 0. The van der Waals surface area contributed by atoms with Crippen molar-refractivity contribution in [2.45, 2.75) is 4.90 Å². The van der Waals surface area contributed by atoms with Crippen molar-refractivity contribution < 1.29 is 17.4 Å². The second kappa shape index (κ2) is 3.61. The van der Waals surface area contributed by atoms with Crippen molar-refractivity contribution in [3.05, 3.63) is 30.5 Å². The zero-order chi connectivity index (χ0) is 9.47. The third-order valence-electron chi connectivity index (χ3n) is 1.72. The van der Waals surface area contributed by atoms with Crippen LogP contribution in [0.3, 0.4) is 0 Å². The van der Waals surface area contributed by atoms with Gasteiger partial charge in [0, 0.05) is 5.39 Å². The topological polar surface area (TPSA) is 67.5 Å². The Bertz CT molecular complexity index is 543. The minimum Gasteiger partial charge on any atom is -0.464 e. The summed E-state index contributed by atoms with van der Waals surface area (Å²) in [5, 5.41) is 0.648. The molecule has 0 aliphatic carbocycles. The van der Waals surface area contributed by atoms with Crippen LogP contribution in [0.25, 0.3) is 11.0 Å². The highest BCUT2D eigenvalue weighted by atomic mass is 35.5. The van der Waals surface area contributed by atoms with Gasteiger partial charge >= 0.3 is 0 Å². The molecule has 4 nitrogen and oxygen atoms in total. The van der Waals surface area contributed by atoms with E-state index in [-0.39, 0.29) is 17.3 Å². The molecule has 0 bridgehead atoms. The average Bonchev–Trinajstić information content (AvgIpc) is 2.47. The minimum atomic E-state index is -4.11. The Hall–Kier alpha value is -1.04. The molecule has 0 unspecified atom stereocenters. The SMILES string of the molecule is Cl.O=S(=O)(O)c1ccc2occc2c1. The lowest BCUT2D eigenvalue weighted by Crippen LogP contribution is -1.96. The van der Waals surface area contributed by atoms with E-state index in [9.17, 15) is 8.42 Å². The Kier molecular flexibility index (Phi) is 2.84. The molecule has 1 aromatic heterocycles. The summed E-state index contributed by atoms with van der Waals surface area (Å²) in [6.07, 6.45) is 1.46. The highest BCUT2D eigenvalue weighted by Crippen LogP contribution is 2.19. The van der Waals surface area contributed by atoms with Crippen LogP contribution in [0.4, 0.5) is 0 Å². The largest absolute Gasteiger partial charge is 0.464 e. The average molecular weight is 235 g/mol. The van der Waals surface area contributed by atoms with Crippen LogP contribution in [-0.2, 0) is 10.1 Å². The third kappa shape index (κ3) is 1.89. The maximum Gasteiger partial charge on any atom is 0.294 e. The Morgan fingerprint density at radius 2 is 1.93 bits per heavy atom.